The van der Waals surface area contributed by atoms with Crippen LogP contribution in [-0.2, 0) is 0 Å². The van der Waals surface area contributed by atoms with E-state index in [0.29, 0.717) is 17.8 Å². The van der Waals surface area contributed by atoms with E-state index in [1.807, 2.05) is 6.07 Å². The Labute approximate surface area is 92.1 Å². The highest BCUT2D eigenvalue weighted by Crippen LogP contribution is 2.33. The van der Waals surface area contributed by atoms with Crippen molar-refractivity contribution in [1.82, 2.24) is 4.98 Å². The molecule has 0 amide bonds. The Morgan fingerprint density at radius 1 is 1.75 bits per heavy atom. The molecular weight excluding hydrogens is 208 g/mol. The minimum Gasteiger partial charge on any atom is -0.366 e. The van der Waals surface area contributed by atoms with Crippen LogP contribution in [0, 0.1) is 27.4 Å². The molecule has 1 aliphatic rings. The van der Waals surface area contributed by atoms with Gasteiger partial charge in [0, 0.05) is 12.1 Å². The summed E-state index contributed by atoms with van der Waals surface area (Å²) in [7, 11) is 0. The van der Waals surface area contributed by atoms with Crippen molar-refractivity contribution in [2.24, 2.45) is 5.92 Å². The molecule has 0 aliphatic heterocycles. The van der Waals surface area contributed by atoms with Crippen molar-refractivity contribution in [3.8, 4) is 6.07 Å². The van der Waals surface area contributed by atoms with E-state index in [2.05, 4.69) is 17.2 Å². The first-order chi connectivity index (χ1) is 7.61. The number of anilines is 1. The molecule has 1 fully saturated rings. The average molecular weight is 218 g/mol. The van der Waals surface area contributed by atoms with Crippen LogP contribution >= 0.6 is 0 Å². The van der Waals surface area contributed by atoms with Gasteiger partial charge < -0.3 is 5.32 Å². The first-order valence-corrected chi connectivity index (χ1v) is 4.93. The third-order valence-electron chi connectivity index (χ3n) is 2.64. The predicted octanol–water partition coefficient (Wildman–Crippen LogP) is 1.68. The Morgan fingerprint density at radius 2 is 2.44 bits per heavy atom. The van der Waals surface area contributed by atoms with Gasteiger partial charge in [0.1, 0.15) is 23.6 Å². The smallest absolute Gasteiger partial charge is 0.289 e. The largest absolute Gasteiger partial charge is 0.366 e. The Kier molecular flexibility index (Phi) is 2.44. The number of rotatable bonds is 3. The number of hydrogen-bond acceptors (Lipinski definition) is 5. The quantitative estimate of drug-likeness (QED) is 0.615. The maximum Gasteiger partial charge on any atom is 0.289 e. The lowest BCUT2D eigenvalue weighted by Gasteiger charge is -2.05. The van der Waals surface area contributed by atoms with Gasteiger partial charge in [-0.25, -0.2) is 4.98 Å². The van der Waals surface area contributed by atoms with E-state index >= 15 is 0 Å². The van der Waals surface area contributed by atoms with Crippen LogP contribution in [0.2, 0.25) is 0 Å². The Morgan fingerprint density at radius 3 is 2.94 bits per heavy atom. The van der Waals surface area contributed by atoms with Crippen LogP contribution in [0.4, 0.5) is 11.5 Å². The van der Waals surface area contributed by atoms with Gasteiger partial charge in [0.25, 0.3) is 5.69 Å². The van der Waals surface area contributed by atoms with Gasteiger partial charge in [-0.2, -0.15) is 5.26 Å². The van der Waals surface area contributed by atoms with Crippen molar-refractivity contribution in [3.63, 3.8) is 0 Å². The maximum atomic E-state index is 10.5. The standard InChI is InChI=1S/C10H10N4O2/c1-6-2-9(6)13-10-7(4-11)3-8(5-12-10)14(15)16/h3,5-6,9H,2H2,1H3,(H,12,13). The summed E-state index contributed by atoms with van der Waals surface area (Å²) in [6, 6.07) is 3.48. The molecule has 6 nitrogen and oxygen atoms in total. The molecule has 1 aromatic heterocycles. The topological polar surface area (TPSA) is 91.8 Å². The molecule has 2 atom stereocenters. The lowest BCUT2D eigenvalue weighted by atomic mass is 10.2. The highest BCUT2D eigenvalue weighted by atomic mass is 16.6. The van der Waals surface area contributed by atoms with Crippen LogP contribution in [0.1, 0.15) is 18.9 Å². The molecule has 0 bridgehead atoms. The second kappa shape index (κ2) is 3.77. The van der Waals surface area contributed by atoms with E-state index in [1.54, 1.807) is 0 Å². The Hall–Kier alpha value is -2.16. The van der Waals surface area contributed by atoms with Gasteiger partial charge in [-0.1, -0.05) is 6.92 Å². The van der Waals surface area contributed by atoms with E-state index in [-0.39, 0.29) is 11.3 Å². The van der Waals surface area contributed by atoms with Gasteiger partial charge in [-0.05, 0) is 12.3 Å². The van der Waals surface area contributed by atoms with Crippen LogP contribution in [0.3, 0.4) is 0 Å². The number of pyridine rings is 1. The molecule has 1 aliphatic carbocycles. The molecule has 82 valence electrons. The van der Waals surface area contributed by atoms with Gasteiger partial charge in [0.15, 0.2) is 0 Å². The molecule has 6 heteroatoms. The number of nitrogens with one attached hydrogen (secondary N) is 1. The minimum absolute atomic E-state index is 0.161. The SMILES string of the molecule is CC1CC1Nc1ncc([N+](=O)[O-])cc1C#N. The molecule has 0 radical (unpaired) electrons. The van der Waals surface area contributed by atoms with Gasteiger partial charge in [-0.3, -0.25) is 10.1 Å². The summed E-state index contributed by atoms with van der Waals surface area (Å²) in [6.07, 6.45) is 2.21. The van der Waals surface area contributed by atoms with E-state index in [1.165, 1.54) is 6.07 Å². The van der Waals surface area contributed by atoms with Crippen LogP contribution in [-0.4, -0.2) is 15.9 Å². The zero-order valence-electron chi connectivity index (χ0n) is 8.67. The van der Waals surface area contributed by atoms with Gasteiger partial charge in [0.05, 0.1) is 4.92 Å². The molecule has 0 aromatic carbocycles. The lowest BCUT2D eigenvalue weighted by Crippen LogP contribution is -2.07. The molecule has 0 spiro atoms. The van der Waals surface area contributed by atoms with Crippen molar-refractivity contribution in [1.29, 1.82) is 5.26 Å². The summed E-state index contributed by atoms with van der Waals surface area (Å²) in [6.45, 7) is 2.09. The number of hydrogen-bond donors (Lipinski definition) is 1. The van der Waals surface area contributed by atoms with Gasteiger partial charge >= 0.3 is 0 Å². The van der Waals surface area contributed by atoms with Gasteiger partial charge in [-0.15, -0.1) is 0 Å². The van der Waals surface area contributed by atoms with E-state index in [9.17, 15) is 10.1 Å². The molecular formula is C10H10N4O2. The second-order valence-electron chi connectivity index (χ2n) is 3.92. The van der Waals surface area contributed by atoms with Crippen molar-refractivity contribution < 1.29 is 4.92 Å². The van der Waals surface area contributed by atoms with Crippen LogP contribution in [0.15, 0.2) is 12.3 Å². The van der Waals surface area contributed by atoms with E-state index in [0.717, 1.165) is 12.6 Å². The van der Waals surface area contributed by atoms with E-state index < -0.39 is 4.92 Å². The zero-order chi connectivity index (χ0) is 11.7. The summed E-state index contributed by atoms with van der Waals surface area (Å²) in [5.74, 6) is 1.01. The van der Waals surface area contributed by atoms with Crippen molar-refractivity contribution in [2.45, 2.75) is 19.4 Å². The average Bonchev–Trinajstić information content (AvgIpc) is 2.94. The minimum atomic E-state index is -0.558. The summed E-state index contributed by atoms with van der Waals surface area (Å²) in [4.78, 5) is 13.9. The van der Waals surface area contributed by atoms with Gasteiger partial charge in [0.2, 0.25) is 0 Å². The Bertz CT molecular complexity index is 480. The monoisotopic (exact) mass is 218 g/mol. The fraction of sp³-hybridized carbons (Fsp3) is 0.400. The molecule has 0 saturated heterocycles. The van der Waals surface area contributed by atoms with Crippen molar-refractivity contribution in [3.05, 3.63) is 27.9 Å². The van der Waals surface area contributed by atoms with Crippen LogP contribution in [0.25, 0.3) is 0 Å². The van der Waals surface area contributed by atoms with Crippen molar-refractivity contribution in [2.75, 3.05) is 5.32 Å². The van der Waals surface area contributed by atoms with Crippen molar-refractivity contribution >= 4 is 11.5 Å². The number of nitriles is 1. The number of nitrogens with zero attached hydrogens (tertiary/aromatic N) is 3. The zero-order valence-corrected chi connectivity index (χ0v) is 8.67. The second-order valence-corrected chi connectivity index (χ2v) is 3.92. The maximum absolute atomic E-state index is 10.5. The molecule has 1 N–H and O–H groups in total. The van der Waals surface area contributed by atoms with Crippen LogP contribution in [0.5, 0.6) is 0 Å². The summed E-state index contributed by atoms with van der Waals surface area (Å²) in [5.41, 5.74) is 0.0549. The molecule has 1 heterocycles. The lowest BCUT2D eigenvalue weighted by molar-refractivity contribution is -0.385. The highest BCUT2D eigenvalue weighted by Gasteiger charge is 2.33. The third-order valence-corrected chi connectivity index (χ3v) is 2.64. The molecule has 2 rings (SSSR count). The van der Waals surface area contributed by atoms with E-state index in [4.69, 9.17) is 5.26 Å². The fourth-order valence-electron chi connectivity index (χ4n) is 1.45. The highest BCUT2D eigenvalue weighted by molar-refractivity contribution is 5.56. The predicted molar refractivity (Wildman–Crippen MR) is 56.8 cm³/mol. The number of nitro groups is 1. The molecule has 1 saturated carbocycles. The molecule has 16 heavy (non-hydrogen) atoms. The fourth-order valence-corrected chi connectivity index (χ4v) is 1.45. The summed E-state index contributed by atoms with van der Waals surface area (Å²) >= 11 is 0. The normalized spacial score (nSPS) is 22.2. The third kappa shape index (κ3) is 1.93. The summed E-state index contributed by atoms with van der Waals surface area (Å²) in [5, 5.41) is 22.5. The molecule has 1 aromatic rings. The first kappa shape index (κ1) is 10.4. The number of aromatic nitrogens is 1. The van der Waals surface area contributed by atoms with Crippen LogP contribution < -0.4 is 5.32 Å². The summed E-state index contributed by atoms with van der Waals surface area (Å²) < 4.78 is 0. The molecule has 2 unspecified atom stereocenters. The Balaban J connectivity index is 2.25. The first-order valence-electron chi connectivity index (χ1n) is 4.93.